The maximum atomic E-state index is 12.7. The summed E-state index contributed by atoms with van der Waals surface area (Å²) in [6, 6.07) is 23.3. The molecule has 0 saturated heterocycles. The van der Waals surface area contributed by atoms with Gasteiger partial charge in [0.25, 0.3) is 5.91 Å². The number of hydrogen-bond donors (Lipinski definition) is 2. The average molecular weight is 387 g/mol. The van der Waals surface area contributed by atoms with Crippen LogP contribution in [0.3, 0.4) is 0 Å². The Morgan fingerprint density at radius 2 is 1.75 bits per heavy atom. The maximum absolute atomic E-state index is 12.7. The molecule has 3 N–H and O–H groups in total. The van der Waals surface area contributed by atoms with E-state index >= 15 is 0 Å². The first-order chi connectivity index (χ1) is 13.6. The number of nitriles is 1. The van der Waals surface area contributed by atoms with Gasteiger partial charge in [-0.1, -0.05) is 30.3 Å². The Kier molecular flexibility index (Phi) is 6.10. The first-order valence-electron chi connectivity index (χ1n) is 8.49. The number of hydrogen-bond acceptors (Lipinski definition) is 4. The van der Waals surface area contributed by atoms with Crippen LogP contribution in [0.2, 0.25) is 0 Å². The lowest BCUT2D eigenvalue weighted by Crippen LogP contribution is -2.15. The number of rotatable bonds is 6. The summed E-state index contributed by atoms with van der Waals surface area (Å²) in [4.78, 5) is 24.9. The lowest BCUT2D eigenvalue weighted by Gasteiger charge is -2.10. The van der Waals surface area contributed by atoms with E-state index in [2.05, 4.69) is 11.4 Å². The van der Waals surface area contributed by atoms with Crippen molar-refractivity contribution in [3.8, 4) is 6.07 Å². The van der Waals surface area contributed by atoms with Crippen molar-refractivity contribution < 1.29 is 9.59 Å². The van der Waals surface area contributed by atoms with Crippen molar-refractivity contribution in [3.63, 3.8) is 0 Å². The monoisotopic (exact) mass is 387 g/mol. The maximum Gasteiger partial charge on any atom is 0.256 e. The van der Waals surface area contributed by atoms with Gasteiger partial charge < -0.3 is 11.1 Å². The van der Waals surface area contributed by atoms with Crippen LogP contribution in [0.4, 0.5) is 5.69 Å². The summed E-state index contributed by atoms with van der Waals surface area (Å²) in [5.41, 5.74) is 8.36. The Morgan fingerprint density at radius 1 is 1.00 bits per heavy atom. The van der Waals surface area contributed by atoms with Gasteiger partial charge in [-0.25, -0.2) is 0 Å². The van der Waals surface area contributed by atoms with Crippen molar-refractivity contribution >= 4 is 29.3 Å². The van der Waals surface area contributed by atoms with Crippen molar-refractivity contribution in [2.75, 3.05) is 5.32 Å². The van der Waals surface area contributed by atoms with Crippen LogP contribution in [0.15, 0.2) is 77.7 Å². The van der Waals surface area contributed by atoms with Crippen molar-refractivity contribution in [1.82, 2.24) is 0 Å². The molecule has 0 radical (unpaired) electrons. The van der Waals surface area contributed by atoms with Gasteiger partial charge >= 0.3 is 0 Å². The SMILES string of the molecule is N#Cc1ccc(CSc2ccccc2C(=O)Nc2cccc(C(N)=O)c2)cc1. The summed E-state index contributed by atoms with van der Waals surface area (Å²) in [5.74, 6) is -0.133. The first-order valence-corrected chi connectivity index (χ1v) is 9.47. The smallest absolute Gasteiger partial charge is 0.256 e. The van der Waals surface area contributed by atoms with Gasteiger partial charge in [0.05, 0.1) is 17.2 Å². The molecule has 0 saturated carbocycles. The van der Waals surface area contributed by atoms with Crippen molar-refractivity contribution in [2.45, 2.75) is 10.6 Å². The Balaban J connectivity index is 1.73. The van der Waals surface area contributed by atoms with Gasteiger partial charge in [-0.2, -0.15) is 5.26 Å². The number of anilines is 1. The Bertz CT molecular complexity index is 1060. The molecular formula is C22H17N3O2S. The van der Waals surface area contributed by atoms with Gasteiger partial charge in [-0.05, 0) is 48.0 Å². The lowest BCUT2D eigenvalue weighted by molar-refractivity contribution is 0.0995. The second-order valence-corrected chi connectivity index (χ2v) is 7.01. The summed E-state index contributed by atoms with van der Waals surface area (Å²) in [6.07, 6.45) is 0. The second-order valence-electron chi connectivity index (χ2n) is 5.99. The molecule has 2 amide bonds. The van der Waals surface area contributed by atoms with E-state index in [4.69, 9.17) is 11.0 Å². The minimum atomic E-state index is -0.547. The Hall–Kier alpha value is -3.56. The van der Waals surface area contributed by atoms with Gasteiger partial charge in [0.2, 0.25) is 5.91 Å². The van der Waals surface area contributed by atoms with Gasteiger partial charge in [0.1, 0.15) is 0 Å². The Labute approximate surface area is 167 Å². The van der Waals surface area contributed by atoms with E-state index < -0.39 is 5.91 Å². The number of carbonyl (C=O) groups is 2. The van der Waals surface area contributed by atoms with E-state index in [1.165, 1.54) is 0 Å². The number of nitrogens with one attached hydrogen (secondary N) is 1. The normalized spacial score (nSPS) is 10.1. The number of primary amides is 1. The fourth-order valence-corrected chi connectivity index (χ4v) is 3.57. The van der Waals surface area contributed by atoms with Crippen LogP contribution < -0.4 is 11.1 Å². The number of benzene rings is 3. The molecular weight excluding hydrogens is 370 g/mol. The molecule has 0 unspecified atom stereocenters. The molecule has 28 heavy (non-hydrogen) atoms. The number of nitrogens with two attached hydrogens (primary N) is 1. The fraction of sp³-hybridized carbons (Fsp3) is 0.0455. The third-order valence-corrected chi connectivity index (χ3v) is 5.16. The molecule has 0 heterocycles. The molecule has 0 bridgehead atoms. The zero-order chi connectivity index (χ0) is 19.9. The lowest BCUT2D eigenvalue weighted by atomic mass is 10.1. The molecule has 0 aliphatic heterocycles. The number of nitrogens with zero attached hydrogens (tertiary/aromatic N) is 1. The minimum absolute atomic E-state index is 0.260. The van der Waals surface area contributed by atoms with Crippen LogP contribution >= 0.6 is 11.8 Å². The fourth-order valence-electron chi connectivity index (χ4n) is 2.57. The minimum Gasteiger partial charge on any atom is -0.366 e. The first kappa shape index (κ1) is 19.2. The molecule has 138 valence electrons. The number of carbonyl (C=O) groups excluding carboxylic acids is 2. The van der Waals surface area contributed by atoms with Crippen LogP contribution in [-0.4, -0.2) is 11.8 Å². The third kappa shape index (κ3) is 4.78. The average Bonchev–Trinajstić information content (AvgIpc) is 2.73. The van der Waals surface area contributed by atoms with Gasteiger partial charge in [-0.15, -0.1) is 11.8 Å². The quantitative estimate of drug-likeness (QED) is 0.620. The van der Waals surface area contributed by atoms with Crippen LogP contribution in [0, 0.1) is 11.3 Å². The van der Waals surface area contributed by atoms with Gasteiger partial charge in [0.15, 0.2) is 0 Å². The van der Waals surface area contributed by atoms with Gasteiger partial charge in [0, 0.05) is 21.9 Å². The molecule has 3 aromatic carbocycles. The summed E-state index contributed by atoms with van der Waals surface area (Å²) < 4.78 is 0. The highest BCUT2D eigenvalue weighted by Crippen LogP contribution is 2.27. The molecule has 0 aromatic heterocycles. The molecule has 0 fully saturated rings. The molecule has 5 nitrogen and oxygen atoms in total. The van der Waals surface area contributed by atoms with Crippen LogP contribution in [0.5, 0.6) is 0 Å². The van der Waals surface area contributed by atoms with Crippen LogP contribution in [0.25, 0.3) is 0 Å². The molecule has 3 aromatic rings. The van der Waals surface area contributed by atoms with Gasteiger partial charge in [-0.3, -0.25) is 9.59 Å². The van der Waals surface area contributed by atoms with E-state index in [-0.39, 0.29) is 5.91 Å². The molecule has 0 aliphatic rings. The molecule has 0 spiro atoms. The number of thioether (sulfide) groups is 1. The van der Waals surface area contributed by atoms with Crippen molar-refractivity contribution in [3.05, 3.63) is 95.1 Å². The highest BCUT2D eigenvalue weighted by atomic mass is 32.2. The highest BCUT2D eigenvalue weighted by Gasteiger charge is 2.12. The van der Waals surface area contributed by atoms with E-state index in [1.807, 2.05) is 24.3 Å². The molecule has 0 atom stereocenters. The van der Waals surface area contributed by atoms with Crippen molar-refractivity contribution in [1.29, 1.82) is 5.26 Å². The van der Waals surface area contributed by atoms with E-state index in [0.717, 1.165) is 10.5 Å². The summed E-state index contributed by atoms with van der Waals surface area (Å²) in [7, 11) is 0. The summed E-state index contributed by atoms with van der Waals surface area (Å²) in [5, 5.41) is 11.7. The zero-order valence-corrected chi connectivity index (χ0v) is 15.7. The molecule has 0 aliphatic carbocycles. The predicted molar refractivity (Wildman–Crippen MR) is 110 cm³/mol. The third-order valence-electron chi connectivity index (χ3n) is 4.01. The van der Waals surface area contributed by atoms with Crippen LogP contribution in [-0.2, 0) is 5.75 Å². The molecule has 6 heteroatoms. The number of amides is 2. The Morgan fingerprint density at radius 3 is 2.46 bits per heavy atom. The van der Waals surface area contributed by atoms with Crippen LogP contribution in [0.1, 0.15) is 31.8 Å². The summed E-state index contributed by atoms with van der Waals surface area (Å²) in [6.45, 7) is 0. The van der Waals surface area contributed by atoms with Crippen molar-refractivity contribution in [2.24, 2.45) is 5.73 Å². The standard InChI is InChI=1S/C22H17N3O2S/c23-13-15-8-10-16(11-9-15)14-28-20-7-2-1-6-19(20)22(27)25-18-5-3-4-17(12-18)21(24)26/h1-12H,14H2,(H2,24,26)(H,25,27). The predicted octanol–water partition coefficient (Wildman–Crippen LogP) is 4.20. The van der Waals surface area contributed by atoms with E-state index in [1.54, 1.807) is 60.3 Å². The highest BCUT2D eigenvalue weighted by molar-refractivity contribution is 7.98. The second kappa shape index (κ2) is 8.89. The van der Waals surface area contributed by atoms with E-state index in [0.29, 0.717) is 28.1 Å². The largest absolute Gasteiger partial charge is 0.366 e. The zero-order valence-electron chi connectivity index (χ0n) is 14.9. The van der Waals surface area contributed by atoms with E-state index in [9.17, 15) is 9.59 Å². The summed E-state index contributed by atoms with van der Waals surface area (Å²) >= 11 is 1.54. The molecule has 3 rings (SSSR count). The topological polar surface area (TPSA) is 96.0 Å².